The smallest absolute Gasteiger partial charge is 0.251 e. The van der Waals surface area contributed by atoms with Crippen molar-refractivity contribution in [2.75, 3.05) is 21.2 Å². The molecule has 25 heavy (non-hydrogen) atoms. The lowest BCUT2D eigenvalue weighted by Gasteiger charge is -2.15. The van der Waals surface area contributed by atoms with Crippen LogP contribution in [0.15, 0.2) is 47.4 Å². The summed E-state index contributed by atoms with van der Waals surface area (Å²) in [5.74, 6) is -0.644. The third-order valence-corrected chi connectivity index (χ3v) is 5.39. The average Bonchev–Trinajstić information content (AvgIpc) is 2.60. The highest BCUT2D eigenvalue weighted by atomic mass is 32.2. The van der Waals surface area contributed by atoms with Gasteiger partial charge in [0.2, 0.25) is 10.0 Å². The SMILES string of the molecule is COc1ccc(C(=O)NCc2ccc(F)cc2)cc1S(=O)(=O)N(C)C. The number of rotatable bonds is 6. The van der Waals surface area contributed by atoms with E-state index >= 15 is 0 Å². The molecule has 2 aromatic carbocycles. The van der Waals surface area contributed by atoms with Crippen molar-refractivity contribution in [1.29, 1.82) is 0 Å². The van der Waals surface area contributed by atoms with Crippen LogP contribution in [0.3, 0.4) is 0 Å². The molecule has 0 bridgehead atoms. The minimum atomic E-state index is -3.76. The van der Waals surface area contributed by atoms with Crippen molar-refractivity contribution >= 4 is 15.9 Å². The van der Waals surface area contributed by atoms with E-state index in [0.29, 0.717) is 0 Å². The van der Waals surface area contributed by atoms with Crippen molar-refractivity contribution in [2.45, 2.75) is 11.4 Å². The number of amides is 1. The number of ether oxygens (including phenoxy) is 1. The van der Waals surface area contributed by atoms with Gasteiger partial charge < -0.3 is 10.1 Å². The topological polar surface area (TPSA) is 75.7 Å². The van der Waals surface area contributed by atoms with Crippen LogP contribution in [0.4, 0.5) is 4.39 Å². The van der Waals surface area contributed by atoms with Crippen molar-refractivity contribution < 1.29 is 22.3 Å². The molecule has 2 aromatic rings. The van der Waals surface area contributed by atoms with Crippen molar-refractivity contribution in [3.05, 3.63) is 59.4 Å². The Hall–Kier alpha value is -2.45. The lowest BCUT2D eigenvalue weighted by Crippen LogP contribution is -2.25. The summed E-state index contributed by atoms with van der Waals surface area (Å²) in [6.45, 7) is 0.195. The number of carbonyl (C=O) groups excluding carboxylic acids is 1. The summed E-state index contributed by atoms with van der Waals surface area (Å²) in [6, 6.07) is 9.91. The van der Waals surface area contributed by atoms with Gasteiger partial charge in [-0.25, -0.2) is 17.1 Å². The van der Waals surface area contributed by atoms with Gasteiger partial charge in [0.1, 0.15) is 16.5 Å². The molecular formula is C17H19FN2O4S. The number of sulfonamides is 1. The van der Waals surface area contributed by atoms with Gasteiger partial charge in [-0.15, -0.1) is 0 Å². The molecule has 0 fully saturated rings. The monoisotopic (exact) mass is 366 g/mol. The minimum Gasteiger partial charge on any atom is -0.495 e. The van der Waals surface area contributed by atoms with Crippen LogP contribution in [0.5, 0.6) is 5.75 Å². The number of carbonyl (C=O) groups is 1. The van der Waals surface area contributed by atoms with Crippen LogP contribution >= 0.6 is 0 Å². The van der Waals surface area contributed by atoms with Gasteiger partial charge in [-0.05, 0) is 35.9 Å². The van der Waals surface area contributed by atoms with Gasteiger partial charge in [0, 0.05) is 26.2 Å². The van der Waals surface area contributed by atoms with Crippen LogP contribution in [-0.2, 0) is 16.6 Å². The summed E-state index contributed by atoms with van der Waals surface area (Å²) >= 11 is 0. The molecule has 0 spiro atoms. The Labute approximate surface area is 146 Å². The van der Waals surface area contributed by atoms with Crippen LogP contribution in [0.25, 0.3) is 0 Å². The molecule has 0 aromatic heterocycles. The quantitative estimate of drug-likeness (QED) is 0.849. The number of methoxy groups -OCH3 is 1. The Kier molecular flexibility index (Phi) is 5.76. The minimum absolute atomic E-state index is 0.0885. The van der Waals surface area contributed by atoms with Gasteiger partial charge in [0.05, 0.1) is 7.11 Å². The molecule has 6 nitrogen and oxygen atoms in total. The normalized spacial score (nSPS) is 11.4. The number of hydrogen-bond donors (Lipinski definition) is 1. The van der Waals surface area contributed by atoms with Gasteiger partial charge >= 0.3 is 0 Å². The molecule has 8 heteroatoms. The fourth-order valence-corrected chi connectivity index (χ4v) is 3.18. The first-order valence-corrected chi connectivity index (χ1v) is 8.83. The zero-order valence-corrected chi connectivity index (χ0v) is 14.9. The third kappa shape index (κ3) is 4.34. The van der Waals surface area contributed by atoms with E-state index in [2.05, 4.69) is 5.32 Å². The molecule has 1 N–H and O–H groups in total. The molecule has 0 heterocycles. The van der Waals surface area contributed by atoms with Gasteiger partial charge in [0.25, 0.3) is 5.91 Å². The van der Waals surface area contributed by atoms with E-state index in [1.807, 2.05) is 0 Å². The maximum Gasteiger partial charge on any atom is 0.251 e. The summed E-state index contributed by atoms with van der Waals surface area (Å²) in [5, 5.41) is 2.67. The first-order valence-electron chi connectivity index (χ1n) is 7.39. The van der Waals surface area contributed by atoms with E-state index in [-0.39, 0.29) is 28.6 Å². The molecule has 1 amide bonds. The molecule has 0 aliphatic carbocycles. The summed E-state index contributed by atoms with van der Waals surface area (Å²) < 4.78 is 43.8. The molecule has 0 atom stereocenters. The second kappa shape index (κ2) is 7.62. The van der Waals surface area contributed by atoms with Gasteiger partial charge in [-0.1, -0.05) is 12.1 Å². The molecule has 0 saturated heterocycles. The van der Waals surface area contributed by atoms with E-state index in [1.165, 1.54) is 51.5 Å². The Morgan fingerprint density at radius 1 is 1.16 bits per heavy atom. The van der Waals surface area contributed by atoms with E-state index in [9.17, 15) is 17.6 Å². The molecule has 2 rings (SSSR count). The number of nitrogens with zero attached hydrogens (tertiary/aromatic N) is 1. The summed E-state index contributed by atoms with van der Waals surface area (Å²) in [6.07, 6.45) is 0. The zero-order valence-electron chi connectivity index (χ0n) is 14.1. The highest BCUT2D eigenvalue weighted by Crippen LogP contribution is 2.26. The van der Waals surface area contributed by atoms with Crippen molar-refractivity contribution in [2.24, 2.45) is 0 Å². The van der Waals surface area contributed by atoms with Gasteiger partial charge in [0.15, 0.2) is 0 Å². The predicted octanol–water partition coefficient (Wildman–Crippen LogP) is 2.01. The molecule has 134 valence electrons. The van der Waals surface area contributed by atoms with E-state index < -0.39 is 15.9 Å². The third-order valence-electron chi connectivity index (χ3n) is 3.55. The van der Waals surface area contributed by atoms with Crippen molar-refractivity contribution in [1.82, 2.24) is 9.62 Å². The largest absolute Gasteiger partial charge is 0.495 e. The lowest BCUT2D eigenvalue weighted by atomic mass is 10.2. The fourth-order valence-electron chi connectivity index (χ4n) is 2.10. The number of benzene rings is 2. The van der Waals surface area contributed by atoms with Gasteiger partial charge in [-0.2, -0.15) is 0 Å². The van der Waals surface area contributed by atoms with E-state index in [1.54, 1.807) is 12.1 Å². The van der Waals surface area contributed by atoms with Crippen molar-refractivity contribution in [3.63, 3.8) is 0 Å². The number of nitrogens with one attached hydrogen (secondary N) is 1. The van der Waals surface area contributed by atoms with E-state index in [4.69, 9.17) is 4.74 Å². The zero-order chi connectivity index (χ0) is 18.6. The van der Waals surface area contributed by atoms with E-state index in [0.717, 1.165) is 9.87 Å². The lowest BCUT2D eigenvalue weighted by molar-refractivity contribution is 0.0950. The Balaban J connectivity index is 2.24. The molecule has 0 aliphatic rings. The first-order chi connectivity index (χ1) is 11.8. The summed E-state index contributed by atoms with van der Waals surface area (Å²) in [5.41, 5.74) is 0.910. The maximum absolute atomic E-state index is 12.9. The molecular weight excluding hydrogens is 347 g/mol. The maximum atomic E-state index is 12.9. The molecule has 0 radical (unpaired) electrons. The number of halogens is 1. The highest BCUT2D eigenvalue weighted by molar-refractivity contribution is 7.89. The second-order valence-electron chi connectivity index (χ2n) is 5.46. The summed E-state index contributed by atoms with van der Waals surface area (Å²) in [7, 11) is 0.396. The fraction of sp³-hybridized carbons (Fsp3) is 0.235. The predicted molar refractivity (Wildman–Crippen MR) is 91.4 cm³/mol. The molecule has 0 saturated carbocycles. The Bertz CT molecular complexity index is 865. The number of hydrogen-bond acceptors (Lipinski definition) is 4. The van der Waals surface area contributed by atoms with Crippen LogP contribution in [0.2, 0.25) is 0 Å². The van der Waals surface area contributed by atoms with Crippen LogP contribution in [0.1, 0.15) is 15.9 Å². The van der Waals surface area contributed by atoms with Crippen LogP contribution < -0.4 is 10.1 Å². The molecule has 0 aliphatic heterocycles. The van der Waals surface area contributed by atoms with Crippen LogP contribution in [0, 0.1) is 5.82 Å². The van der Waals surface area contributed by atoms with Gasteiger partial charge in [-0.3, -0.25) is 4.79 Å². The highest BCUT2D eigenvalue weighted by Gasteiger charge is 2.23. The Morgan fingerprint density at radius 2 is 1.80 bits per heavy atom. The second-order valence-corrected chi connectivity index (χ2v) is 7.58. The van der Waals surface area contributed by atoms with Crippen LogP contribution in [-0.4, -0.2) is 39.8 Å². The molecule has 0 unspecified atom stereocenters. The standard InChI is InChI=1S/C17H19FN2O4S/c1-20(2)25(22,23)16-10-13(6-9-15(16)24-3)17(21)19-11-12-4-7-14(18)8-5-12/h4-10H,11H2,1-3H3,(H,19,21). The Morgan fingerprint density at radius 3 is 2.36 bits per heavy atom. The van der Waals surface area contributed by atoms with Crippen molar-refractivity contribution in [3.8, 4) is 5.75 Å². The first kappa shape index (κ1) is 18.9. The average molecular weight is 366 g/mol. The summed E-state index contributed by atoms with van der Waals surface area (Å²) in [4.78, 5) is 12.2.